The summed E-state index contributed by atoms with van der Waals surface area (Å²) in [5.41, 5.74) is 0.927. The van der Waals surface area contributed by atoms with Crippen LogP contribution in [0, 0.1) is 10.7 Å². The maximum absolute atomic E-state index is 11.1. The summed E-state index contributed by atoms with van der Waals surface area (Å²) in [5, 5.41) is 13.6. The molecule has 0 amide bonds. The highest BCUT2D eigenvalue weighted by atomic mass is 32.2. The van der Waals surface area contributed by atoms with E-state index in [1.54, 1.807) is 6.92 Å². The van der Waals surface area contributed by atoms with Crippen LogP contribution in [0.15, 0.2) is 29.2 Å². The van der Waals surface area contributed by atoms with Crippen LogP contribution in [0.2, 0.25) is 0 Å². The molecule has 0 aliphatic carbocycles. The summed E-state index contributed by atoms with van der Waals surface area (Å²) in [7, 11) is 0. The normalized spacial score (nSPS) is 9.41. The fourth-order valence-corrected chi connectivity index (χ4v) is 1.61. The van der Waals surface area contributed by atoms with E-state index in [2.05, 4.69) is 5.32 Å². The Morgan fingerprint density at radius 2 is 2.18 bits per heavy atom. The number of nitrogens with zero attached hydrogens (tertiary/aromatic N) is 1. The minimum absolute atomic E-state index is 0.198. The van der Waals surface area contributed by atoms with Gasteiger partial charge in [-0.1, -0.05) is 0 Å². The van der Waals surface area contributed by atoms with Crippen molar-refractivity contribution in [1.82, 2.24) is 0 Å². The van der Waals surface area contributed by atoms with Crippen LogP contribution in [0.3, 0.4) is 0 Å². The van der Waals surface area contributed by atoms with Crippen LogP contribution >= 0.6 is 11.8 Å². The van der Waals surface area contributed by atoms with E-state index in [9.17, 15) is 4.79 Å². The Balaban J connectivity index is 2.32. The fourth-order valence-electron chi connectivity index (χ4n) is 1.24. The molecule has 0 aliphatic heterocycles. The van der Waals surface area contributed by atoms with E-state index in [4.69, 9.17) is 10.00 Å². The molecule has 0 heterocycles. The summed E-state index contributed by atoms with van der Waals surface area (Å²) in [6.45, 7) is 2.75. The number of thioether (sulfide) groups is 1. The van der Waals surface area contributed by atoms with Crippen LogP contribution in [0.5, 0.6) is 0 Å². The Morgan fingerprint density at radius 3 is 2.76 bits per heavy atom. The molecule has 0 saturated carbocycles. The van der Waals surface area contributed by atoms with Gasteiger partial charge in [0.25, 0.3) is 0 Å². The molecule has 0 fully saturated rings. The van der Waals surface area contributed by atoms with Crippen LogP contribution in [0.1, 0.15) is 13.3 Å². The van der Waals surface area contributed by atoms with E-state index in [0.717, 1.165) is 22.3 Å². The van der Waals surface area contributed by atoms with Crippen molar-refractivity contribution >= 4 is 23.4 Å². The average Bonchev–Trinajstić information content (AvgIpc) is 2.32. The lowest BCUT2D eigenvalue weighted by Crippen LogP contribution is -2.11. The Morgan fingerprint density at radius 1 is 1.47 bits per heavy atom. The molecule has 0 spiro atoms. The predicted molar refractivity (Wildman–Crippen MR) is 67.7 cm³/mol. The first kappa shape index (κ1) is 13.4. The SMILES string of the molecule is CCOC(=O)CCNc1ccc(SC#N)cc1. The van der Waals surface area contributed by atoms with E-state index in [-0.39, 0.29) is 5.97 Å². The van der Waals surface area contributed by atoms with Gasteiger partial charge in [-0.3, -0.25) is 4.79 Å². The average molecular weight is 250 g/mol. The number of ether oxygens (including phenoxy) is 1. The summed E-state index contributed by atoms with van der Waals surface area (Å²) in [6, 6.07) is 7.48. The maximum atomic E-state index is 11.1. The second kappa shape index (κ2) is 7.58. The lowest BCUT2D eigenvalue weighted by molar-refractivity contribution is -0.142. The summed E-state index contributed by atoms with van der Waals surface area (Å²) in [4.78, 5) is 12.0. The summed E-state index contributed by atoms with van der Waals surface area (Å²) >= 11 is 1.12. The lowest BCUT2D eigenvalue weighted by Gasteiger charge is -2.06. The Kier molecular flexibility index (Phi) is 5.97. The minimum Gasteiger partial charge on any atom is -0.466 e. The van der Waals surface area contributed by atoms with E-state index in [0.29, 0.717) is 19.6 Å². The third kappa shape index (κ3) is 5.27. The second-order valence-corrected chi connectivity index (χ2v) is 4.06. The first-order valence-corrected chi connectivity index (χ1v) is 6.13. The zero-order valence-electron chi connectivity index (χ0n) is 9.60. The Hall–Kier alpha value is -1.67. The summed E-state index contributed by atoms with van der Waals surface area (Å²) in [6.07, 6.45) is 0.350. The van der Waals surface area contributed by atoms with Crippen molar-refractivity contribution in [3.05, 3.63) is 24.3 Å². The van der Waals surface area contributed by atoms with Crippen LogP contribution in [-0.4, -0.2) is 19.1 Å². The number of hydrogen-bond acceptors (Lipinski definition) is 5. The number of esters is 1. The molecule has 0 radical (unpaired) electrons. The molecule has 17 heavy (non-hydrogen) atoms. The number of nitriles is 1. The van der Waals surface area contributed by atoms with Crippen LogP contribution in [0.25, 0.3) is 0 Å². The van der Waals surface area contributed by atoms with Gasteiger partial charge in [-0.2, -0.15) is 5.26 Å². The molecule has 5 heteroatoms. The molecule has 0 saturated heterocycles. The van der Waals surface area contributed by atoms with Gasteiger partial charge in [-0.05, 0) is 43.0 Å². The third-order valence-corrected chi connectivity index (χ3v) is 2.58. The molecule has 1 aromatic rings. The zero-order valence-corrected chi connectivity index (χ0v) is 10.4. The van der Waals surface area contributed by atoms with Gasteiger partial charge < -0.3 is 10.1 Å². The van der Waals surface area contributed by atoms with Crippen molar-refractivity contribution in [2.75, 3.05) is 18.5 Å². The molecule has 4 nitrogen and oxygen atoms in total. The maximum Gasteiger partial charge on any atom is 0.307 e. The van der Waals surface area contributed by atoms with E-state index in [1.807, 2.05) is 29.7 Å². The number of carbonyl (C=O) groups excluding carboxylic acids is 1. The molecule has 1 rings (SSSR count). The van der Waals surface area contributed by atoms with E-state index in [1.165, 1.54) is 0 Å². The Bertz CT molecular complexity index is 398. The minimum atomic E-state index is -0.198. The van der Waals surface area contributed by atoms with Gasteiger partial charge in [-0.15, -0.1) is 0 Å². The number of rotatable bonds is 6. The van der Waals surface area contributed by atoms with Gasteiger partial charge in [-0.25, -0.2) is 0 Å². The van der Waals surface area contributed by atoms with E-state index >= 15 is 0 Å². The monoisotopic (exact) mass is 250 g/mol. The number of nitrogens with one attached hydrogen (secondary N) is 1. The third-order valence-electron chi connectivity index (χ3n) is 1.98. The lowest BCUT2D eigenvalue weighted by atomic mass is 10.3. The number of anilines is 1. The number of carbonyl (C=O) groups is 1. The standard InChI is InChI=1S/C12H14N2O2S/c1-2-16-12(15)7-8-14-10-3-5-11(6-4-10)17-9-13/h3-6,14H,2,7-8H2,1H3. The number of hydrogen-bond donors (Lipinski definition) is 1. The molecule has 1 aromatic carbocycles. The first-order chi connectivity index (χ1) is 8.26. The van der Waals surface area contributed by atoms with Gasteiger partial charge in [0.05, 0.1) is 13.0 Å². The smallest absolute Gasteiger partial charge is 0.307 e. The van der Waals surface area contributed by atoms with Gasteiger partial charge >= 0.3 is 5.97 Å². The fraction of sp³-hybridized carbons (Fsp3) is 0.333. The topological polar surface area (TPSA) is 62.1 Å². The quantitative estimate of drug-likeness (QED) is 0.477. The molecule has 0 bridgehead atoms. The van der Waals surface area contributed by atoms with Crippen molar-refractivity contribution in [3.63, 3.8) is 0 Å². The molecule has 0 atom stereocenters. The van der Waals surface area contributed by atoms with Crippen molar-refractivity contribution in [1.29, 1.82) is 5.26 Å². The highest BCUT2D eigenvalue weighted by Gasteiger charge is 2.00. The van der Waals surface area contributed by atoms with Gasteiger partial charge in [0.15, 0.2) is 0 Å². The summed E-state index contributed by atoms with van der Waals surface area (Å²) in [5.74, 6) is -0.198. The summed E-state index contributed by atoms with van der Waals surface area (Å²) < 4.78 is 4.81. The van der Waals surface area contributed by atoms with E-state index < -0.39 is 0 Å². The molecule has 0 unspecified atom stereocenters. The number of thiocyanates is 1. The van der Waals surface area contributed by atoms with Crippen molar-refractivity contribution in [2.45, 2.75) is 18.2 Å². The Labute approximate surface area is 105 Å². The molecular weight excluding hydrogens is 236 g/mol. The van der Waals surface area contributed by atoms with Crippen molar-refractivity contribution in [3.8, 4) is 5.40 Å². The molecule has 90 valence electrons. The van der Waals surface area contributed by atoms with Gasteiger partial charge in [0.1, 0.15) is 5.40 Å². The molecular formula is C12H14N2O2S. The molecule has 1 N–H and O–H groups in total. The highest BCUT2D eigenvalue weighted by Crippen LogP contribution is 2.18. The van der Waals surface area contributed by atoms with Crippen molar-refractivity contribution in [2.24, 2.45) is 0 Å². The first-order valence-electron chi connectivity index (χ1n) is 5.31. The zero-order chi connectivity index (χ0) is 12.5. The molecule has 0 aliphatic rings. The largest absolute Gasteiger partial charge is 0.466 e. The van der Waals surface area contributed by atoms with Crippen LogP contribution < -0.4 is 5.32 Å². The van der Waals surface area contributed by atoms with Gasteiger partial charge in [0, 0.05) is 17.1 Å². The van der Waals surface area contributed by atoms with Crippen LogP contribution in [-0.2, 0) is 9.53 Å². The second-order valence-electron chi connectivity index (χ2n) is 3.20. The highest BCUT2D eigenvalue weighted by molar-refractivity contribution is 8.03. The van der Waals surface area contributed by atoms with Crippen molar-refractivity contribution < 1.29 is 9.53 Å². The van der Waals surface area contributed by atoms with Crippen LogP contribution in [0.4, 0.5) is 5.69 Å². The predicted octanol–water partition coefficient (Wildman–Crippen LogP) is 2.62. The number of benzene rings is 1. The molecule has 0 aromatic heterocycles. The van der Waals surface area contributed by atoms with Gasteiger partial charge in [0.2, 0.25) is 0 Å².